The molecular formula is C24H25F2N5Si. The molecular weight excluding hydrogens is 424 g/mol. The molecule has 3 aromatic heterocycles. The topological polar surface area (TPSA) is 56.5 Å². The van der Waals surface area contributed by atoms with Crippen LogP contribution in [0.5, 0.6) is 0 Å². The number of hydrogen-bond acceptors (Lipinski definition) is 4. The monoisotopic (exact) mass is 449 g/mol. The van der Waals surface area contributed by atoms with Crippen molar-refractivity contribution in [2.24, 2.45) is 0 Å². The second-order valence-electron chi connectivity index (χ2n) is 9.30. The van der Waals surface area contributed by atoms with E-state index in [9.17, 15) is 8.78 Å². The van der Waals surface area contributed by atoms with Gasteiger partial charge in [0.2, 0.25) is 0 Å². The molecule has 0 aliphatic heterocycles. The molecule has 0 fully saturated rings. The van der Waals surface area contributed by atoms with Crippen LogP contribution in [0.25, 0.3) is 17.1 Å². The Morgan fingerprint density at radius 3 is 2.22 bits per heavy atom. The summed E-state index contributed by atoms with van der Waals surface area (Å²) in [5.41, 5.74) is 2.53. The van der Waals surface area contributed by atoms with Crippen LogP contribution in [0.3, 0.4) is 0 Å². The fourth-order valence-corrected chi connectivity index (χ4v) is 4.23. The van der Waals surface area contributed by atoms with Gasteiger partial charge in [0.1, 0.15) is 31.5 Å². The molecule has 4 rings (SSSR count). The Balaban J connectivity index is 1.71. The van der Waals surface area contributed by atoms with Gasteiger partial charge in [-0.05, 0) is 50.2 Å². The van der Waals surface area contributed by atoms with Crippen LogP contribution in [0.2, 0.25) is 19.6 Å². The molecule has 0 unspecified atom stereocenters. The van der Waals surface area contributed by atoms with E-state index in [-0.39, 0.29) is 5.56 Å². The van der Waals surface area contributed by atoms with Crippen LogP contribution < -0.4 is 5.45 Å². The van der Waals surface area contributed by atoms with Crippen molar-refractivity contribution in [3.63, 3.8) is 0 Å². The first-order valence-electron chi connectivity index (χ1n) is 10.4. The van der Waals surface area contributed by atoms with Gasteiger partial charge in [-0.25, -0.2) is 23.4 Å². The number of rotatable bonds is 5. The van der Waals surface area contributed by atoms with Crippen LogP contribution in [0.4, 0.5) is 8.78 Å². The number of aromatic nitrogens is 5. The van der Waals surface area contributed by atoms with Crippen LogP contribution in [-0.4, -0.2) is 32.8 Å². The summed E-state index contributed by atoms with van der Waals surface area (Å²) in [5.74, 6) is -0.584. The SMILES string of the molecule is CC(C)(c1cccc(-c2ccc(F)cc2F)n1)c1cccc(-n2cnc([Si](C)(C)C)n2)n1. The second-order valence-corrected chi connectivity index (χ2v) is 14.2. The molecule has 0 radical (unpaired) electrons. The smallest absolute Gasteiger partial charge is 0.155 e. The fraction of sp³-hybridized carbons (Fsp3) is 0.250. The summed E-state index contributed by atoms with van der Waals surface area (Å²) in [5, 5.41) is 4.64. The van der Waals surface area contributed by atoms with E-state index in [0.29, 0.717) is 11.5 Å². The third kappa shape index (κ3) is 4.23. The molecule has 0 amide bonds. The van der Waals surface area contributed by atoms with Gasteiger partial charge >= 0.3 is 0 Å². The van der Waals surface area contributed by atoms with E-state index < -0.39 is 25.1 Å². The minimum Gasteiger partial charge on any atom is -0.252 e. The molecule has 0 aliphatic rings. The summed E-state index contributed by atoms with van der Waals surface area (Å²) in [7, 11) is -1.63. The standard InChI is InChI=1S/C24H25F2N5Si/c1-24(2,20-9-6-8-19(28-20)17-13-12-16(25)14-18(17)26)21-10-7-11-22(29-21)31-15-27-23(30-31)32(3,4)5/h6-15H,1-5H3. The van der Waals surface area contributed by atoms with Crippen molar-refractivity contribution < 1.29 is 8.78 Å². The zero-order valence-electron chi connectivity index (χ0n) is 18.8. The Bertz CT molecular complexity index is 1280. The zero-order chi connectivity index (χ0) is 23.1. The van der Waals surface area contributed by atoms with E-state index in [1.807, 2.05) is 44.2 Å². The van der Waals surface area contributed by atoms with Gasteiger partial charge in [0.15, 0.2) is 5.82 Å². The van der Waals surface area contributed by atoms with Gasteiger partial charge in [-0.1, -0.05) is 31.8 Å². The van der Waals surface area contributed by atoms with Gasteiger partial charge in [-0.3, -0.25) is 4.98 Å². The van der Waals surface area contributed by atoms with Gasteiger partial charge in [0.25, 0.3) is 0 Å². The second kappa shape index (κ2) is 8.02. The summed E-state index contributed by atoms with van der Waals surface area (Å²) in [6.45, 7) is 10.6. The van der Waals surface area contributed by atoms with E-state index >= 15 is 0 Å². The number of pyridine rings is 2. The first kappa shape index (κ1) is 21.9. The molecule has 4 aromatic rings. The van der Waals surface area contributed by atoms with Crippen molar-refractivity contribution in [2.75, 3.05) is 0 Å². The maximum atomic E-state index is 14.3. The molecule has 0 bridgehead atoms. The average Bonchev–Trinajstić information content (AvgIpc) is 3.25. The Morgan fingerprint density at radius 2 is 1.56 bits per heavy atom. The van der Waals surface area contributed by atoms with E-state index in [1.165, 1.54) is 12.1 Å². The lowest BCUT2D eigenvalue weighted by atomic mass is 9.84. The largest absolute Gasteiger partial charge is 0.252 e. The quantitative estimate of drug-likeness (QED) is 0.408. The molecule has 3 heterocycles. The number of benzene rings is 1. The van der Waals surface area contributed by atoms with Crippen LogP contribution in [0.15, 0.2) is 60.9 Å². The summed E-state index contributed by atoms with van der Waals surface area (Å²) < 4.78 is 29.3. The van der Waals surface area contributed by atoms with E-state index in [2.05, 4.69) is 34.7 Å². The lowest BCUT2D eigenvalue weighted by molar-refractivity contribution is 0.582. The Hall–Kier alpha value is -3.26. The average molecular weight is 450 g/mol. The van der Waals surface area contributed by atoms with Gasteiger partial charge in [-0.15, -0.1) is 0 Å². The minimum atomic E-state index is -1.63. The number of halogens is 2. The normalized spacial score (nSPS) is 12.2. The van der Waals surface area contributed by atoms with Gasteiger partial charge in [0, 0.05) is 17.0 Å². The van der Waals surface area contributed by atoms with Crippen LogP contribution >= 0.6 is 0 Å². The van der Waals surface area contributed by atoms with Crippen molar-refractivity contribution in [3.8, 4) is 17.1 Å². The lowest BCUT2D eigenvalue weighted by Gasteiger charge is -2.24. The Kier molecular flexibility index (Phi) is 5.50. The molecule has 0 atom stereocenters. The number of nitrogens with zero attached hydrogens (tertiary/aromatic N) is 5. The molecule has 0 spiro atoms. The molecule has 1 aromatic carbocycles. The molecule has 0 aliphatic carbocycles. The van der Waals surface area contributed by atoms with Crippen LogP contribution in [-0.2, 0) is 5.41 Å². The predicted molar refractivity (Wildman–Crippen MR) is 124 cm³/mol. The summed E-state index contributed by atoms with van der Waals surface area (Å²) in [6, 6.07) is 14.7. The van der Waals surface area contributed by atoms with Gasteiger partial charge in [0.05, 0.1) is 17.1 Å². The summed E-state index contributed by atoms with van der Waals surface area (Å²) >= 11 is 0. The van der Waals surface area contributed by atoms with Crippen molar-refractivity contribution in [2.45, 2.75) is 38.9 Å². The van der Waals surface area contributed by atoms with Crippen molar-refractivity contribution >= 4 is 13.5 Å². The zero-order valence-corrected chi connectivity index (χ0v) is 19.8. The minimum absolute atomic E-state index is 0.257. The number of hydrogen-bond donors (Lipinski definition) is 0. The summed E-state index contributed by atoms with van der Waals surface area (Å²) in [6.07, 6.45) is 1.70. The Labute approximate surface area is 187 Å². The lowest BCUT2D eigenvalue weighted by Crippen LogP contribution is -2.41. The highest BCUT2D eigenvalue weighted by Gasteiger charge is 2.28. The molecule has 164 valence electrons. The fourth-order valence-electron chi connectivity index (χ4n) is 3.38. The van der Waals surface area contributed by atoms with Crippen molar-refractivity contribution in [3.05, 3.63) is 83.9 Å². The highest BCUT2D eigenvalue weighted by atomic mass is 28.3. The molecule has 32 heavy (non-hydrogen) atoms. The molecule has 0 saturated heterocycles. The maximum absolute atomic E-state index is 14.3. The van der Waals surface area contributed by atoms with E-state index in [4.69, 9.17) is 4.98 Å². The third-order valence-electron chi connectivity index (χ3n) is 5.37. The van der Waals surface area contributed by atoms with E-state index in [0.717, 1.165) is 22.9 Å². The highest BCUT2D eigenvalue weighted by Crippen LogP contribution is 2.31. The third-order valence-corrected chi connectivity index (χ3v) is 6.94. The Morgan fingerprint density at radius 1 is 0.875 bits per heavy atom. The predicted octanol–water partition coefficient (Wildman–Crippen LogP) is 4.87. The first-order valence-corrected chi connectivity index (χ1v) is 13.9. The van der Waals surface area contributed by atoms with E-state index in [1.54, 1.807) is 17.1 Å². The van der Waals surface area contributed by atoms with Crippen LogP contribution in [0, 0.1) is 11.6 Å². The first-order chi connectivity index (χ1) is 15.1. The highest BCUT2D eigenvalue weighted by molar-refractivity contribution is 6.87. The van der Waals surface area contributed by atoms with Gasteiger partial charge in [-0.2, -0.15) is 5.10 Å². The summed E-state index contributed by atoms with van der Waals surface area (Å²) in [4.78, 5) is 14.0. The molecule has 0 saturated carbocycles. The molecule has 8 heteroatoms. The van der Waals surface area contributed by atoms with Crippen molar-refractivity contribution in [1.29, 1.82) is 0 Å². The van der Waals surface area contributed by atoms with Crippen LogP contribution in [0.1, 0.15) is 25.2 Å². The van der Waals surface area contributed by atoms with Crippen molar-refractivity contribution in [1.82, 2.24) is 24.7 Å². The maximum Gasteiger partial charge on any atom is 0.155 e. The molecule has 5 nitrogen and oxygen atoms in total. The molecule has 0 N–H and O–H groups in total. The van der Waals surface area contributed by atoms with Gasteiger partial charge < -0.3 is 0 Å².